The Kier molecular flexibility index (Phi) is 5.61. The van der Waals surface area contributed by atoms with E-state index in [0.717, 1.165) is 25.0 Å². The van der Waals surface area contributed by atoms with Gasteiger partial charge in [-0.3, -0.25) is 4.79 Å². The van der Waals surface area contributed by atoms with Crippen LogP contribution < -0.4 is 5.32 Å². The molecule has 5 nitrogen and oxygen atoms in total. The first-order valence-electron chi connectivity index (χ1n) is 5.82. The molecule has 2 amide bonds. The van der Waals surface area contributed by atoms with Crippen LogP contribution in [0.5, 0.6) is 0 Å². The number of hydrogen-bond donors (Lipinski definition) is 2. The van der Waals surface area contributed by atoms with Gasteiger partial charge in [-0.25, -0.2) is 4.79 Å². The molecule has 1 unspecified atom stereocenters. The maximum atomic E-state index is 11.9. The van der Waals surface area contributed by atoms with Crippen LogP contribution in [-0.4, -0.2) is 52.6 Å². The zero-order chi connectivity index (χ0) is 12.8. The van der Waals surface area contributed by atoms with Gasteiger partial charge in [0, 0.05) is 12.1 Å². The number of thioether (sulfide) groups is 1. The number of carbonyl (C=O) groups is 2. The lowest BCUT2D eigenvalue weighted by molar-refractivity contribution is -0.137. The zero-order valence-electron chi connectivity index (χ0n) is 10.3. The predicted octanol–water partition coefficient (Wildman–Crippen LogP) is 1.39. The van der Waals surface area contributed by atoms with E-state index in [1.165, 1.54) is 4.90 Å². The van der Waals surface area contributed by atoms with E-state index in [2.05, 4.69) is 5.32 Å². The quantitative estimate of drug-likeness (QED) is 0.725. The van der Waals surface area contributed by atoms with Crippen molar-refractivity contribution in [1.82, 2.24) is 10.2 Å². The van der Waals surface area contributed by atoms with Crippen LogP contribution in [0.15, 0.2) is 0 Å². The SMILES string of the molecule is CSCCC(C)NC(=O)N(CC(=O)O)C1CC1. The molecule has 0 spiro atoms. The van der Waals surface area contributed by atoms with Crippen LogP contribution in [0.4, 0.5) is 4.79 Å². The van der Waals surface area contributed by atoms with Gasteiger partial charge in [0.2, 0.25) is 0 Å². The molecule has 6 heteroatoms. The lowest BCUT2D eigenvalue weighted by atomic mass is 10.2. The average Bonchev–Trinajstić information content (AvgIpc) is 3.06. The molecule has 0 radical (unpaired) electrons. The summed E-state index contributed by atoms with van der Waals surface area (Å²) < 4.78 is 0. The summed E-state index contributed by atoms with van der Waals surface area (Å²) in [6, 6.07) is -0.0349. The van der Waals surface area contributed by atoms with Crippen molar-refractivity contribution in [2.24, 2.45) is 0 Å². The summed E-state index contributed by atoms with van der Waals surface area (Å²) in [4.78, 5) is 24.0. The van der Waals surface area contributed by atoms with Gasteiger partial charge in [0.25, 0.3) is 0 Å². The van der Waals surface area contributed by atoms with Crippen molar-refractivity contribution in [3.8, 4) is 0 Å². The lowest BCUT2D eigenvalue weighted by Crippen LogP contribution is -2.47. The van der Waals surface area contributed by atoms with Gasteiger partial charge in [0.1, 0.15) is 6.54 Å². The fraction of sp³-hybridized carbons (Fsp3) is 0.818. The van der Waals surface area contributed by atoms with Crippen LogP contribution in [0.2, 0.25) is 0 Å². The molecule has 98 valence electrons. The summed E-state index contributed by atoms with van der Waals surface area (Å²) >= 11 is 1.74. The molecular formula is C11H20N2O3S. The topological polar surface area (TPSA) is 69.6 Å². The zero-order valence-corrected chi connectivity index (χ0v) is 11.1. The molecule has 0 aliphatic heterocycles. The van der Waals surface area contributed by atoms with Crippen molar-refractivity contribution >= 4 is 23.8 Å². The monoisotopic (exact) mass is 260 g/mol. The van der Waals surface area contributed by atoms with Gasteiger partial charge < -0.3 is 15.3 Å². The van der Waals surface area contributed by atoms with E-state index < -0.39 is 5.97 Å². The molecule has 1 saturated carbocycles. The summed E-state index contributed by atoms with van der Waals surface area (Å²) in [7, 11) is 0. The van der Waals surface area contributed by atoms with Crippen LogP contribution >= 0.6 is 11.8 Å². The lowest BCUT2D eigenvalue weighted by Gasteiger charge is -2.23. The van der Waals surface area contributed by atoms with E-state index in [0.29, 0.717) is 0 Å². The van der Waals surface area contributed by atoms with Gasteiger partial charge in [-0.2, -0.15) is 11.8 Å². The largest absolute Gasteiger partial charge is 0.480 e. The minimum atomic E-state index is -0.955. The van der Waals surface area contributed by atoms with Crippen LogP contribution in [0, 0.1) is 0 Å². The molecule has 1 atom stereocenters. The van der Waals surface area contributed by atoms with Crippen molar-refractivity contribution < 1.29 is 14.7 Å². The summed E-state index contributed by atoms with van der Waals surface area (Å²) in [5.41, 5.74) is 0. The Hall–Kier alpha value is -0.910. The fourth-order valence-corrected chi connectivity index (χ4v) is 2.15. The highest BCUT2D eigenvalue weighted by molar-refractivity contribution is 7.98. The highest BCUT2D eigenvalue weighted by atomic mass is 32.2. The third kappa shape index (κ3) is 5.30. The third-order valence-electron chi connectivity index (χ3n) is 2.68. The van der Waals surface area contributed by atoms with Crippen LogP contribution in [0.3, 0.4) is 0 Å². The Balaban J connectivity index is 2.39. The second-order valence-corrected chi connectivity index (χ2v) is 5.37. The number of amides is 2. The summed E-state index contributed by atoms with van der Waals surface area (Å²) in [6.45, 7) is 1.74. The van der Waals surface area contributed by atoms with Crippen LogP contribution in [0.1, 0.15) is 26.2 Å². The Bertz CT molecular complexity index is 282. The molecule has 0 bridgehead atoms. The Morgan fingerprint density at radius 2 is 2.18 bits per heavy atom. The molecular weight excluding hydrogens is 240 g/mol. The van der Waals surface area contributed by atoms with Crippen molar-refractivity contribution in [3.05, 3.63) is 0 Å². The third-order valence-corrected chi connectivity index (χ3v) is 3.32. The number of carboxylic acid groups (broad SMARTS) is 1. The number of nitrogens with zero attached hydrogens (tertiary/aromatic N) is 1. The first-order valence-corrected chi connectivity index (χ1v) is 7.21. The van der Waals surface area contributed by atoms with E-state index in [1.54, 1.807) is 11.8 Å². The Morgan fingerprint density at radius 3 is 2.65 bits per heavy atom. The standard InChI is InChI=1S/C11H20N2O3S/c1-8(5-6-17-2)12-11(16)13(7-10(14)15)9-3-4-9/h8-9H,3-7H2,1-2H3,(H,12,16)(H,14,15). The van der Waals surface area contributed by atoms with E-state index in [-0.39, 0.29) is 24.7 Å². The number of carbonyl (C=O) groups excluding carboxylic acids is 1. The number of rotatable bonds is 7. The van der Waals surface area contributed by atoms with E-state index >= 15 is 0 Å². The normalized spacial score (nSPS) is 16.4. The first kappa shape index (κ1) is 14.2. The minimum Gasteiger partial charge on any atom is -0.480 e. The first-order chi connectivity index (χ1) is 8.04. The van der Waals surface area contributed by atoms with Crippen molar-refractivity contribution in [2.75, 3.05) is 18.6 Å². The second-order valence-electron chi connectivity index (χ2n) is 4.38. The maximum Gasteiger partial charge on any atom is 0.323 e. The van der Waals surface area contributed by atoms with Crippen LogP contribution in [0.25, 0.3) is 0 Å². The highest BCUT2D eigenvalue weighted by Gasteiger charge is 2.34. The Morgan fingerprint density at radius 1 is 1.53 bits per heavy atom. The summed E-state index contributed by atoms with van der Waals surface area (Å²) in [5.74, 6) is 0.0351. The molecule has 1 aliphatic rings. The molecule has 1 aliphatic carbocycles. The maximum absolute atomic E-state index is 11.9. The van der Waals surface area contributed by atoms with E-state index in [4.69, 9.17) is 5.11 Å². The number of hydrogen-bond acceptors (Lipinski definition) is 3. The Labute approximate surface area is 106 Å². The number of nitrogens with one attached hydrogen (secondary N) is 1. The second kappa shape index (κ2) is 6.74. The average molecular weight is 260 g/mol. The molecule has 1 rings (SSSR count). The molecule has 0 saturated heterocycles. The number of carboxylic acids is 1. The number of urea groups is 1. The van der Waals surface area contributed by atoms with Gasteiger partial charge in [0.15, 0.2) is 0 Å². The smallest absolute Gasteiger partial charge is 0.323 e. The molecule has 0 heterocycles. The fourth-order valence-electron chi connectivity index (χ4n) is 1.56. The molecule has 0 aromatic rings. The van der Waals surface area contributed by atoms with E-state index in [1.807, 2.05) is 13.2 Å². The van der Waals surface area contributed by atoms with Gasteiger partial charge in [-0.1, -0.05) is 0 Å². The van der Waals surface area contributed by atoms with Gasteiger partial charge in [-0.15, -0.1) is 0 Å². The van der Waals surface area contributed by atoms with Gasteiger partial charge in [-0.05, 0) is 38.2 Å². The summed E-state index contributed by atoms with van der Waals surface area (Å²) in [6.07, 6.45) is 4.76. The van der Waals surface area contributed by atoms with Crippen molar-refractivity contribution in [3.63, 3.8) is 0 Å². The predicted molar refractivity (Wildman–Crippen MR) is 68.4 cm³/mol. The minimum absolute atomic E-state index is 0.0880. The molecule has 17 heavy (non-hydrogen) atoms. The van der Waals surface area contributed by atoms with Crippen molar-refractivity contribution in [1.29, 1.82) is 0 Å². The number of aliphatic carboxylic acids is 1. The molecule has 2 N–H and O–H groups in total. The molecule has 0 aromatic heterocycles. The van der Waals surface area contributed by atoms with Crippen molar-refractivity contribution in [2.45, 2.75) is 38.3 Å². The summed E-state index contributed by atoms with van der Waals surface area (Å²) in [5, 5.41) is 11.6. The van der Waals surface area contributed by atoms with Crippen LogP contribution in [-0.2, 0) is 4.79 Å². The highest BCUT2D eigenvalue weighted by Crippen LogP contribution is 2.26. The van der Waals surface area contributed by atoms with Gasteiger partial charge in [0.05, 0.1) is 0 Å². The molecule has 1 fully saturated rings. The molecule has 0 aromatic carbocycles. The van der Waals surface area contributed by atoms with Gasteiger partial charge >= 0.3 is 12.0 Å². The van der Waals surface area contributed by atoms with E-state index in [9.17, 15) is 9.59 Å².